The first-order valence-electron chi connectivity index (χ1n) is 10.2. The zero-order valence-electron chi connectivity index (χ0n) is 16.3. The van der Waals surface area contributed by atoms with Gasteiger partial charge in [-0.25, -0.2) is 9.37 Å². The van der Waals surface area contributed by atoms with E-state index >= 15 is 0 Å². The van der Waals surface area contributed by atoms with Gasteiger partial charge in [-0.1, -0.05) is 55.1 Å². The molecule has 5 heteroatoms. The van der Waals surface area contributed by atoms with Crippen molar-refractivity contribution in [2.45, 2.75) is 44.7 Å². The molecule has 2 aromatic carbocycles. The maximum atomic E-state index is 13.4. The molecule has 150 valence electrons. The summed E-state index contributed by atoms with van der Waals surface area (Å²) >= 11 is 6.46. The maximum absolute atomic E-state index is 13.4. The second-order valence-corrected chi connectivity index (χ2v) is 8.00. The van der Waals surface area contributed by atoms with Gasteiger partial charge in [0.2, 0.25) is 0 Å². The number of pyridine rings is 1. The molecule has 3 aromatic rings. The summed E-state index contributed by atoms with van der Waals surface area (Å²) in [5.41, 5.74) is 3.83. The van der Waals surface area contributed by atoms with Crippen molar-refractivity contribution in [1.29, 1.82) is 0 Å². The molecule has 0 saturated heterocycles. The third kappa shape index (κ3) is 5.27. The molecule has 0 amide bonds. The molecule has 0 radical (unpaired) electrons. The Morgan fingerprint density at radius 3 is 2.66 bits per heavy atom. The Morgan fingerprint density at radius 2 is 1.83 bits per heavy atom. The van der Waals surface area contributed by atoms with E-state index in [4.69, 9.17) is 11.6 Å². The molecular weight excluding hydrogens is 385 g/mol. The second kappa shape index (κ2) is 9.27. The van der Waals surface area contributed by atoms with Crippen molar-refractivity contribution in [2.75, 3.05) is 10.6 Å². The van der Waals surface area contributed by atoms with Crippen LogP contribution in [0.15, 0.2) is 60.8 Å². The summed E-state index contributed by atoms with van der Waals surface area (Å²) in [5, 5.41) is 7.55. The van der Waals surface area contributed by atoms with E-state index in [1.165, 1.54) is 38.2 Å². The number of hydrogen-bond acceptors (Lipinski definition) is 3. The van der Waals surface area contributed by atoms with Gasteiger partial charge < -0.3 is 10.6 Å². The monoisotopic (exact) mass is 409 g/mol. The Bertz CT molecular complexity index is 970. The minimum atomic E-state index is -0.223. The van der Waals surface area contributed by atoms with Crippen LogP contribution in [-0.2, 0) is 6.54 Å². The van der Waals surface area contributed by atoms with Crippen LogP contribution in [0.1, 0.15) is 37.7 Å². The minimum Gasteiger partial charge on any atom is -0.381 e. The van der Waals surface area contributed by atoms with E-state index in [2.05, 4.69) is 21.7 Å². The van der Waals surface area contributed by atoms with Crippen LogP contribution >= 0.6 is 11.6 Å². The third-order valence-corrected chi connectivity index (χ3v) is 5.67. The Balaban J connectivity index is 1.50. The summed E-state index contributed by atoms with van der Waals surface area (Å²) in [6, 6.07) is 17.2. The first-order chi connectivity index (χ1) is 14.2. The highest BCUT2D eigenvalue weighted by molar-refractivity contribution is 6.33. The van der Waals surface area contributed by atoms with E-state index in [1.54, 1.807) is 18.3 Å². The predicted molar refractivity (Wildman–Crippen MR) is 119 cm³/mol. The van der Waals surface area contributed by atoms with Crippen molar-refractivity contribution in [1.82, 2.24) is 4.98 Å². The molecule has 29 heavy (non-hydrogen) atoms. The van der Waals surface area contributed by atoms with Crippen LogP contribution in [0.25, 0.3) is 11.1 Å². The summed E-state index contributed by atoms with van der Waals surface area (Å²) in [7, 11) is 0. The molecule has 4 rings (SSSR count). The number of halogens is 2. The van der Waals surface area contributed by atoms with Gasteiger partial charge in [0.1, 0.15) is 11.6 Å². The second-order valence-electron chi connectivity index (χ2n) is 7.59. The van der Waals surface area contributed by atoms with E-state index in [1.807, 2.05) is 30.3 Å². The van der Waals surface area contributed by atoms with E-state index in [0.29, 0.717) is 17.6 Å². The van der Waals surface area contributed by atoms with Gasteiger partial charge in [-0.15, -0.1) is 0 Å². The highest BCUT2D eigenvalue weighted by Crippen LogP contribution is 2.32. The van der Waals surface area contributed by atoms with Crippen molar-refractivity contribution in [2.24, 2.45) is 0 Å². The van der Waals surface area contributed by atoms with Gasteiger partial charge in [0.25, 0.3) is 0 Å². The highest BCUT2D eigenvalue weighted by Gasteiger charge is 2.14. The van der Waals surface area contributed by atoms with Crippen molar-refractivity contribution in [3.8, 4) is 11.1 Å². The fourth-order valence-electron chi connectivity index (χ4n) is 3.84. The van der Waals surface area contributed by atoms with E-state index in [0.717, 1.165) is 28.2 Å². The standard InChI is InChI=1S/C24H25ClFN3/c25-23-16-28-24(29-20-9-2-1-3-10-20)14-22(23)18-7-5-11-21(13-18)27-15-17-6-4-8-19(26)12-17/h4-8,11-14,16,20,27H,1-3,9-10,15H2,(H,28,29). The Morgan fingerprint density at radius 1 is 1.00 bits per heavy atom. The molecule has 1 fully saturated rings. The summed E-state index contributed by atoms with van der Waals surface area (Å²) < 4.78 is 13.4. The Hall–Kier alpha value is -2.59. The molecule has 1 aromatic heterocycles. The summed E-state index contributed by atoms with van der Waals surface area (Å²) in [6.45, 7) is 0.555. The third-order valence-electron chi connectivity index (χ3n) is 5.37. The number of benzene rings is 2. The fourth-order valence-corrected chi connectivity index (χ4v) is 4.06. The molecule has 0 aliphatic heterocycles. The van der Waals surface area contributed by atoms with Crippen molar-refractivity contribution in [3.63, 3.8) is 0 Å². The first-order valence-corrected chi connectivity index (χ1v) is 10.6. The van der Waals surface area contributed by atoms with Gasteiger partial charge >= 0.3 is 0 Å². The van der Waals surface area contributed by atoms with Gasteiger partial charge in [0.15, 0.2) is 0 Å². The number of nitrogens with one attached hydrogen (secondary N) is 2. The van der Waals surface area contributed by atoms with Crippen LogP contribution in [0.2, 0.25) is 5.02 Å². The molecule has 1 aliphatic carbocycles. The van der Waals surface area contributed by atoms with Crippen molar-refractivity contribution < 1.29 is 4.39 Å². The number of hydrogen-bond donors (Lipinski definition) is 2. The summed E-state index contributed by atoms with van der Waals surface area (Å²) in [6.07, 6.45) is 7.98. The van der Waals surface area contributed by atoms with Crippen LogP contribution in [0.3, 0.4) is 0 Å². The van der Waals surface area contributed by atoms with Crippen LogP contribution in [0, 0.1) is 5.82 Å². The average Bonchev–Trinajstić information content (AvgIpc) is 2.75. The molecule has 0 unspecified atom stereocenters. The largest absolute Gasteiger partial charge is 0.381 e. The molecule has 0 atom stereocenters. The lowest BCUT2D eigenvalue weighted by Crippen LogP contribution is -2.22. The quantitative estimate of drug-likeness (QED) is 0.465. The van der Waals surface area contributed by atoms with Gasteiger partial charge in [-0.3, -0.25) is 0 Å². The van der Waals surface area contributed by atoms with Gasteiger partial charge in [0, 0.05) is 30.0 Å². The molecule has 2 N–H and O–H groups in total. The lowest BCUT2D eigenvalue weighted by Gasteiger charge is -2.23. The number of rotatable bonds is 6. The first kappa shape index (κ1) is 19.7. The molecule has 0 spiro atoms. The molecule has 3 nitrogen and oxygen atoms in total. The van der Waals surface area contributed by atoms with Gasteiger partial charge in [-0.2, -0.15) is 0 Å². The van der Waals surface area contributed by atoms with E-state index in [-0.39, 0.29) is 5.82 Å². The lowest BCUT2D eigenvalue weighted by atomic mass is 9.95. The topological polar surface area (TPSA) is 37.0 Å². The Labute approximate surface area is 176 Å². The maximum Gasteiger partial charge on any atom is 0.126 e. The smallest absolute Gasteiger partial charge is 0.126 e. The fraction of sp³-hybridized carbons (Fsp3) is 0.292. The van der Waals surface area contributed by atoms with Crippen molar-refractivity contribution in [3.05, 3.63) is 77.2 Å². The van der Waals surface area contributed by atoms with Crippen LogP contribution in [0.4, 0.5) is 15.9 Å². The molecule has 1 heterocycles. The minimum absolute atomic E-state index is 0.223. The average molecular weight is 410 g/mol. The van der Waals surface area contributed by atoms with Gasteiger partial charge in [0.05, 0.1) is 5.02 Å². The van der Waals surface area contributed by atoms with Crippen LogP contribution in [0.5, 0.6) is 0 Å². The molecular formula is C24H25ClFN3. The lowest BCUT2D eigenvalue weighted by molar-refractivity contribution is 0.462. The normalized spacial score (nSPS) is 14.6. The SMILES string of the molecule is Fc1cccc(CNc2cccc(-c3cc(NC4CCCCC4)ncc3Cl)c2)c1. The van der Waals surface area contributed by atoms with Crippen LogP contribution < -0.4 is 10.6 Å². The summed E-state index contributed by atoms with van der Waals surface area (Å²) in [5.74, 6) is 0.647. The molecule has 1 saturated carbocycles. The predicted octanol–water partition coefficient (Wildman–Crippen LogP) is 6.90. The van der Waals surface area contributed by atoms with Gasteiger partial charge in [-0.05, 0) is 54.3 Å². The zero-order valence-corrected chi connectivity index (χ0v) is 17.1. The highest BCUT2D eigenvalue weighted by atomic mass is 35.5. The summed E-state index contributed by atoms with van der Waals surface area (Å²) in [4.78, 5) is 4.47. The Kier molecular flexibility index (Phi) is 6.30. The number of aromatic nitrogens is 1. The van der Waals surface area contributed by atoms with E-state index < -0.39 is 0 Å². The van der Waals surface area contributed by atoms with Crippen LogP contribution in [-0.4, -0.2) is 11.0 Å². The van der Waals surface area contributed by atoms with E-state index in [9.17, 15) is 4.39 Å². The molecule has 0 bridgehead atoms. The number of anilines is 2. The van der Waals surface area contributed by atoms with Crippen molar-refractivity contribution >= 4 is 23.1 Å². The zero-order chi connectivity index (χ0) is 20.1. The molecule has 1 aliphatic rings. The number of nitrogens with zero attached hydrogens (tertiary/aromatic N) is 1.